The van der Waals surface area contributed by atoms with Gasteiger partial charge in [-0.25, -0.2) is 0 Å². The number of rotatable bonds is 4. The van der Waals surface area contributed by atoms with Crippen molar-refractivity contribution in [3.63, 3.8) is 0 Å². The van der Waals surface area contributed by atoms with Crippen molar-refractivity contribution in [3.8, 4) is 0 Å². The number of β-amino-alcohol motifs (C(OH)–C–C–N with tert-alkyl or cyclic N) is 1. The van der Waals surface area contributed by atoms with Gasteiger partial charge in [0.05, 0.1) is 13.2 Å². The van der Waals surface area contributed by atoms with Crippen LogP contribution in [-0.2, 0) is 6.54 Å². The molecule has 0 radical (unpaired) electrons. The Labute approximate surface area is 100 Å². The lowest BCUT2D eigenvalue weighted by Gasteiger charge is -2.19. The van der Waals surface area contributed by atoms with Gasteiger partial charge in [-0.15, -0.1) is 5.10 Å². The van der Waals surface area contributed by atoms with E-state index in [0.717, 1.165) is 39.1 Å². The molecule has 1 fully saturated rings. The zero-order valence-electron chi connectivity index (χ0n) is 9.88. The zero-order chi connectivity index (χ0) is 12.1. The number of hydrogen-bond donors (Lipinski definition) is 2. The standard InChI is InChI=1S/C10H19N5O2/c11-8-9-12-13-10(17-9)15-3-1-2-14(4-5-15)6-7-16/h16H,1-8,11H2. The van der Waals surface area contributed by atoms with Gasteiger partial charge < -0.3 is 20.2 Å². The van der Waals surface area contributed by atoms with Gasteiger partial charge in [-0.3, -0.25) is 4.90 Å². The third kappa shape index (κ3) is 3.15. The maximum absolute atomic E-state index is 8.92. The molecule has 0 bridgehead atoms. The predicted molar refractivity (Wildman–Crippen MR) is 62.5 cm³/mol. The first kappa shape index (κ1) is 12.3. The molecule has 7 nitrogen and oxygen atoms in total. The minimum Gasteiger partial charge on any atom is -0.407 e. The maximum Gasteiger partial charge on any atom is 0.318 e. The average Bonchev–Trinajstić information content (AvgIpc) is 2.70. The second kappa shape index (κ2) is 5.95. The second-order valence-electron chi connectivity index (χ2n) is 4.09. The molecule has 0 spiro atoms. The Morgan fingerprint density at radius 2 is 2.12 bits per heavy atom. The molecule has 1 aromatic rings. The van der Waals surface area contributed by atoms with Crippen LogP contribution in [0, 0.1) is 0 Å². The van der Waals surface area contributed by atoms with E-state index in [-0.39, 0.29) is 13.2 Å². The number of aliphatic hydroxyl groups excluding tert-OH is 1. The van der Waals surface area contributed by atoms with Crippen LogP contribution >= 0.6 is 0 Å². The molecule has 96 valence electrons. The van der Waals surface area contributed by atoms with E-state index in [2.05, 4.69) is 20.0 Å². The quantitative estimate of drug-likeness (QED) is 0.701. The van der Waals surface area contributed by atoms with Gasteiger partial charge in [0.2, 0.25) is 5.89 Å². The Hall–Kier alpha value is -1.18. The molecule has 0 aromatic carbocycles. The van der Waals surface area contributed by atoms with Gasteiger partial charge in [0.25, 0.3) is 0 Å². The SMILES string of the molecule is NCc1nnc(N2CCCN(CCO)CC2)o1. The minimum absolute atomic E-state index is 0.206. The topological polar surface area (TPSA) is 91.7 Å². The van der Waals surface area contributed by atoms with Crippen molar-refractivity contribution >= 4 is 6.01 Å². The van der Waals surface area contributed by atoms with Crippen molar-refractivity contribution in [3.05, 3.63) is 5.89 Å². The van der Waals surface area contributed by atoms with Crippen molar-refractivity contribution < 1.29 is 9.52 Å². The van der Waals surface area contributed by atoms with Gasteiger partial charge in [-0.1, -0.05) is 5.10 Å². The fraction of sp³-hybridized carbons (Fsp3) is 0.800. The molecule has 1 saturated heterocycles. The van der Waals surface area contributed by atoms with Gasteiger partial charge in [-0.2, -0.15) is 0 Å². The summed E-state index contributed by atoms with van der Waals surface area (Å²) in [5, 5.41) is 16.8. The lowest BCUT2D eigenvalue weighted by molar-refractivity contribution is 0.204. The van der Waals surface area contributed by atoms with Crippen molar-refractivity contribution in [2.24, 2.45) is 5.73 Å². The molecular weight excluding hydrogens is 222 g/mol. The van der Waals surface area contributed by atoms with Crippen molar-refractivity contribution in [1.82, 2.24) is 15.1 Å². The Bertz CT molecular complexity index is 343. The van der Waals surface area contributed by atoms with Crippen LogP contribution in [0.4, 0.5) is 6.01 Å². The van der Waals surface area contributed by atoms with Crippen LogP contribution in [0.15, 0.2) is 4.42 Å². The van der Waals surface area contributed by atoms with E-state index in [4.69, 9.17) is 15.3 Å². The van der Waals surface area contributed by atoms with Crippen LogP contribution in [-0.4, -0.2) is 59.5 Å². The van der Waals surface area contributed by atoms with Crippen molar-refractivity contribution in [2.75, 3.05) is 44.2 Å². The molecule has 1 aliphatic heterocycles. The predicted octanol–water partition coefficient (Wildman–Crippen LogP) is -0.967. The number of nitrogens with two attached hydrogens (primary N) is 1. The summed E-state index contributed by atoms with van der Waals surface area (Å²) in [6, 6.07) is 0.552. The summed E-state index contributed by atoms with van der Waals surface area (Å²) in [6.45, 7) is 4.84. The van der Waals surface area contributed by atoms with Crippen LogP contribution in [0.25, 0.3) is 0 Å². The van der Waals surface area contributed by atoms with E-state index in [1.807, 2.05) is 0 Å². The first-order valence-electron chi connectivity index (χ1n) is 5.94. The molecule has 0 unspecified atom stereocenters. The third-order valence-electron chi connectivity index (χ3n) is 2.91. The summed E-state index contributed by atoms with van der Waals surface area (Å²) in [4.78, 5) is 4.31. The number of anilines is 1. The molecule has 17 heavy (non-hydrogen) atoms. The van der Waals surface area contributed by atoms with E-state index in [1.54, 1.807) is 0 Å². The summed E-state index contributed by atoms with van der Waals surface area (Å²) in [5.41, 5.74) is 5.43. The molecule has 2 heterocycles. The van der Waals surface area contributed by atoms with Crippen LogP contribution in [0.3, 0.4) is 0 Å². The van der Waals surface area contributed by atoms with Gasteiger partial charge in [0.1, 0.15) is 0 Å². The molecule has 0 amide bonds. The fourth-order valence-electron chi connectivity index (χ4n) is 1.98. The smallest absolute Gasteiger partial charge is 0.318 e. The molecule has 1 aromatic heterocycles. The molecular formula is C10H19N5O2. The van der Waals surface area contributed by atoms with Gasteiger partial charge in [0, 0.05) is 26.2 Å². The fourth-order valence-corrected chi connectivity index (χ4v) is 1.98. The van der Waals surface area contributed by atoms with Gasteiger partial charge in [-0.05, 0) is 13.0 Å². The highest BCUT2D eigenvalue weighted by Crippen LogP contribution is 2.14. The third-order valence-corrected chi connectivity index (χ3v) is 2.91. The van der Waals surface area contributed by atoms with Crippen LogP contribution in [0.2, 0.25) is 0 Å². The van der Waals surface area contributed by atoms with Crippen molar-refractivity contribution in [1.29, 1.82) is 0 Å². The first-order chi connectivity index (χ1) is 8.33. The summed E-state index contributed by atoms with van der Waals surface area (Å²) >= 11 is 0. The van der Waals surface area contributed by atoms with Crippen LogP contribution < -0.4 is 10.6 Å². The molecule has 3 N–H and O–H groups in total. The summed E-state index contributed by atoms with van der Waals surface area (Å²) in [6.07, 6.45) is 1.03. The number of aromatic nitrogens is 2. The van der Waals surface area contributed by atoms with Crippen LogP contribution in [0.1, 0.15) is 12.3 Å². The van der Waals surface area contributed by atoms with E-state index < -0.39 is 0 Å². The molecule has 2 rings (SSSR count). The van der Waals surface area contributed by atoms with E-state index >= 15 is 0 Å². The minimum atomic E-state index is 0.206. The Morgan fingerprint density at radius 1 is 1.24 bits per heavy atom. The van der Waals surface area contributed by atoms with E-state index in [9.17, 15) is 0 Å². The first-order valence-corrected chi connectivity index (χ1v) is 5.94. The Balaban J connectivity index is 1.93. The van der Waals surface area contributed by atoms with Gasteiger partial charge in [0.15, 0.2) is 0 Å². The molecule has 0 atom stereocenters. The number of aliphatic hydroxyl groups is 1. The number of hydrogen-bond acceptors (Lipinski definition) is 7. The van der Waals surface area contributed by atoms with Crippen molar-refractivity contribution in [2.45, 2.75) is 13.0 Å². The Morgan fingerprint density at radius 3 is 2.82 bits per heavy atom. The molecule has 7 heteroatoms. The summed E-state index contributed by atoms with van der Waals surface area (Å²) in [5.74, 6) is 0.469. The molecule has 0 aliphatic carbocycles. The normalized spacial score (nSPS) is 18.4. The lowest BCUT2D eigenvalue weighted by Crippen LogP contribution is -2.32. The van der Waals surface area contributed by atoms with E-state index in [0.29, 0.717) is 11.9 Å². The molecule has 0 saturated carbocycles. The number of nitrogens with zero attached hydrogens (tertiary/aromatic N) is 4. The van der Waals surface area contributed by atoms with Gasteiger partial charge >= 0.3 is 6.01 Å². The highest BCUT2D eigenvalue weighted by molar-refractivity contribution is 5.24. The largest absolute Gasteiger partial charge is 0.407 e. The van der Waals surface area contributed by atoms with E-state index in [1.165, 1.54) is 0 Å². The Kier molecular flexibility index (Phi) is 4.29. The molecule has 1 aliphatic rings. The highest BCUT2D eigenvalue weighted by atomic mass is 16.4. The highest BCUT2D eigenvalue weighted by Gasteiger charge is 2.18. The maximum atomic E-state index is 8.92. The second-order valence-corrected chi connectivity index (χ2v) is 4.09. The lowest BCUT2D eigenvalue weighted by atomic mass is 10.4. The van der Waals surface area contributed by atoms with Crippen LogP contribution in [0.5, 0.6) is 0 Å². The zero-order valence-corrected chi connectivity index (χ0v) is 9.88. The monoisotopic (exact) mass is 241 g/mol. The summed E-state index contributed by atoms with van der Waals surface area (Å²) < 4.78 is 5.43. The average molecular weight is 241 g/mol. The summed E-state index contributed by atoms with van der Waals surface area (Å²) in [7, 11) is 0.